The summed E-state index contributed by atoms with van der Waals surface area (Å²) in [6.07, 6.45) is -1.55. The first-order chi connectivity index (χ1) is 8.57. The Hall–Kier alpha value is -0.0231. The van der Waals surface area contributed by atoms with Gasteiger partial charge in [-0.25, -0.2) is 0 Å². The molecule has 0 aliphatic rings. The van der Waals surface area contributed by atoms with Crippen LogP contribution in [0.4, 0.5) is 0 Å². The van der Waals surface area contributed by atoms with Crippen LogP contribution in [0.2, 0.25) is 6.04 Å². The molecule has 0 N–H and O–H groups in total. The van der Waals surface area contributed by atoms with Gasteiger partial charge in [-0.2, -0.15) is 0 Å². The highest BCUT2D eigenvalue weighted by Crippen LogP contribution is 2.26. The maximum absolute atomic E-state index is 5.82. The maximum Gasteiger partial charge on any atom is 0.505 e. The first kappa shape index (κ1) is 18.0. The van der Waals surface area contributed by atoms with Crippen molar-refractivity contribution in [1.29, 1.82) is 0 Å². The van der Waals surface area contributed by atoms with Crippen LogP contribution in [-0.2, 0) is 27.5 Å². The number of hydrogen-bond acceptors (Lipinski definition) is 6. The Balaban J connectivity index is 5.02. The van der Waals surface area contributed by atoms with Crippen LogP contribution < -0.4 is 0 Å². The van der Waals surface area contributed by atoms with Gasteiger partial charge in [0.15, 0.2) is 0 Å². The lowest BCUT2D eigenvalue weighted by Gasteiger charge is -2.37. The normalized spacial score (nSPS) is 13.0. The van der Waals surface area contributed by atoms with Crippen LogP contribution in [0.3, 0.4) is 0 Å². The minimum Gasteiger partial charge on any atom is -0.377 e. The lowest BCUT2D eigenvalue weighted by Crippen LogP contribution is -2.55. The van der Waals surface area contributed by atoms with Gasteiger partial charge in [-0.1, -0.05) is 6.92 Å². The molecule has 0 saturated carbocycles. The van der Waals surface area contributed by atoms with Crippen LogP contribution in [0, 0.1) is 0 Å². The van der Waals surface area contributed by atoms with E-state index in [2.05, 4.69) is 0 Å². The molecule has 0 heterocycles. The van der Waals surface area contributed by atoms with Gasteiger partial charge in [0, 0.05) is 20.3 Å². The van der Waals surface area contributed by atoms with Crippen molar-refractivity contribution in [3.05, 3.63) is 0 Å². The van der Waals surface area contributed by atoms with Crippen molar-refractivity contribution in [1.82, 2.24) is 0 Å². The molecule has 0 fully saturated rings. The lowest BCUT2D eigenvalue weighted by atomic mass is 10.8. The second-order valence-electron chi connectivity index (χ2n) is 3.35. The summed E-state index contributed by atoms with van der Waals surface area (Å²) < 4.78 is 33.0. The smallest absolute Gasteiger partial charge is 0.377 e. The van der Waals surface area contributed by atoms with Crippen molar-refractivity contribution in [2.45, 2.75) is 39.9 Å². The van der Waals surface area contributed by atoms with Gasteiger partial charge in [-0.3, -0.25) is 4.43 Å². The van der Waals surface area contributed by atoms with E-state index in [0.29, 0.717) is 25.9 Å². The third-order valence-electron chi connectivity index (χ3n) is 2.30. The van der Waals surface area contributed by atoms with Crippen molar-refractivity contribution in [2.24, 2.45) is 0 Å². The van der Waals surface area contributed by atoms with Crippen molar-refractivity contribution in [2.75, 3.05) is 34.0 Å². The van der Waals surface area contributed by atoms with E-state index in [0.717, 1.165) is 0 Å². The van der Waals surface area contributed by atoms with E-state index in [1.165, 1.54) is 0 Å². The molecule has 0 rings (SSSR count). The van der Waals surface area contributed by atoms with Gasteiger partial charge in [0.25, 0.3) is 0 Å². The molecule has 0 unspecified atom stereocenters. The number of rotatable bonds is 11. The van der Waals surface area contributed by atoms with E-state index in [1.54, 1.807) is 14.2 Å². The molecule has 0 aliphatic heterocycles. The van der Waals surface area contributed by atoms with Gasteiger partial charge in [-0.15, -0.1) is 0 Å². The topological polar surface area (TPSA) is 55.4 Å². The quantitative estimate of drug-likeness (QED) is 0.426. The summed E-state index contributed by atoms with van der Waals surface area (Å²) in [7, 11) is 0.259. The molecular weight excluding hydrogens is 256 g/mol. The summed E-state index contributed by atoms with van der Waals surface area (Å²) in [5.74, 6) is 0. The van der Waals surface area contributed by atoms with Crippen LogP contribution >= 0.6 is 0 Å². The summed E-state index contributed by atoms with van der Waals surface area (Å²) in [6, 6.07) is 0.592. The van der Waals surface area contributed by atoms with Gasteiger partial charge in [-0.05, 0) is 20.8 Å². The van der Waals surface area contributed by atoms with Gasteiger partial charge < -0.3 is 23.1 Å². The van der Waals surface area contributed by atoms with E-state index in [9.17, 15) is 0 Å². The van der Waals surface area contributed by atoms with Crippen LogP contribution in [0.25, 0.3) is 0 Å². The Bertz CT molecular complexity index is 184. The maximum atomic E-state index is 5.82. The molecule has 18 heavy (non-hydrogen) atoms. The number of ether oxygens (including phenoxy) is 3. The molecule has 110 valence electrons. The second kappa shape index (κ2) is 8.97. The molecule has 0 spiro atoms. The predicted octanol–water partition coefficient (Wildman–Crippen LogP) is 1.98. The fraction of sp³-hybridized carbons (Fsp3) is 1.00. The average molecular weight is 282 g/mol. The molecule has 0 bridgehead atoms. The highest BCUT2D eigenvalue weighted by atomic mass is 28.4. The third-order valence-corrected chi connectivity index (χ3v) is 4.97. The minimum atomic E-state index is -2.84. The van der Waals surface area contributed by atoms with E-state index >= 15 is 0 Å². The van der Waals surface area contributed by atoms with E-state index in [-0.39, 0.29) is 0 Å². The second-order valence-corrected chi connectivity index (χ2v) is 6.44. The molecule has 0 radical (unpaired) electrons. The average Bonchev–Trinajstić information content (AvgIpc) is 2.37. The first-order valence-corrected chi connectivity index (χ1v) is 8.23. The van der Waals surface area contributed by atoms with Crippen LogP contribution in [0.5, 0.6) is 0 Å². The predicted molar refractivity (Wildman–Crippen MR) is 68.9 cm³/mol. The van der Waals surface area contributed by atoms with E-state index < -0.39 is 15.0 Å². The fourth-order valence-electron chi connectivity index (χ4n) is 1.46. The molecular formula is C11H26O6Si. The standard InChI is InChI=1S/C11H26O6Si/c1-7-14-11(15-8-2,16-9-3)17-18(10-4,12-5)13-6/h7-10H2,1-6H3. The highest BCUT2D eigenvalue weighted by molar-refractivity contribution is 6.60. The largest absolute Gasteiger partial charge is 0.505 e. The van der Waals surface area contributed by atoms with Crippen molar-refractivity contribution >= 4 is 8.80 Å². The van der Waals surface area contributed by atoms with Gasteiger partial charge in [0.05, 0.1) is 19.8 Å². The molecule has 0 atom stereocenters. The van der Waals surface area contributed by atoms with Crippen LogP contribution in [-0.4, -0.2) is 49.0 Å². The zero-order valence-electron chi connectivity index (χ0n) is 12.3. The summed E-state index contributed by atoms with van der Waals surface area (Å²) in [5, 5.41) is 0. The first-order valence-electron chi connectivity index (χ1n) is 6.29. The summed E-state index contributed by atoms with van der Waals surface area (Å²) in [4.78, 5) is 0. The van der Waals surface area contributed by atoms with E-state index in [1.807, 2.05) is 27.7 Å². The molecule has 0 saturated heterocycles. The lowest BCUT2D eigenvalue weighted by molar-refractivity contribution is -0.478. The minimum absolute atomic E-state index is 0.390. The van der Waals surface area contributed by atoms with Crippen molar-refractivity contribution in [3.8, 4) is 0 Å². The molecule has 0 aromatic heterocycles. The zero-order chi connectivity index (χ0) is 14.1. The monoisotopic (exact) mass is 282 g/mol. The summed E-state index contributed by atoms with van der Waals surface area (Å²) >= 11 is 0. The van der Waals surface area contributed by atoms with Gasteiger partial charge in [0.1, 0.15) is 0 Å². The molecule has 6 nitrogen and oxygen atoms in total. The molecule has 0 aliphatic carbocycles. The Morgan fingerprint density at radius 2 is 1.17 bits per heavy atom. The molecule has 0 aromatic rings. The Morgan fingerprint density at radius 3 is 1.39 bits per heavy atom. The Kier molecular flexibility index (Phi) is 8.96. The summed E-state index contributed by atoms with van der Waals surface area (Å²) in [6.45, 7) is 8.61. The third kappa shape index (κ3) is 4.92. The van der Waals surface area contributed by atoms with Crippen LogP contribution in [0.15, 0.2) is 0 Å². The zero-order valence-corrected chi connectivity index (χ0v) is 13.3. The van der Waals surface area contributed by atoms with Gasteiger partial charge in [0.2, 0.25) is 0 Å². The van der Waals surface area contributed by atoms with Crippen molar-refractivity contribution in [3.63, 3.8) is 0 Å². The fourth-order valence-corrected chi connectivity index (χ4v) is 3.07. The van der Waals surface area contributed by atoms with Gasteiger partial charge >= 0.3 is 15.0 Å². The Morgan fingerprint density at radius 1 is 0.778 bits per heavy atom. The highest BCUT2D eigenvalue weighted by Gasteiger charge is 2.49. The Labute approximate surface area is 111 Å². The SMILES string of the molecule is CCOC(OCC)(OCC)O[Si](CC)(OC)OC. The van der Waals surface area contributed by atoms with E-state index in [4.69, 9.17) is 27.5 Å². The molecule has 0 amide bonds. The van der Waals surface area contributed by atoms with Crippen LogP contribution in [0.1, 0.15) is 27.7 Å². The molecule has 7 heteroatoms. The number of hydrogen-bond donors (Lipinski definition) is 0. The van der Waals surface area contributed by atoms with Crippen molar-refractivity contribution < 1.29 is 27.5 Å². The summed E-state index contributed by atoms with van der Waals surface area (Å²) in [5.41, 5.74) is 0. The molecule has 0 aromatic carbocycles.